The second kappa shape index (κ2) is 5.46. The van der Waals surface area contributed by atoms with E-state index in [4.69, 9.17) is 11.6 Å². The van der Waals surface area contributed by atoms with Gasteiger partial charge < -0.3 is 9.47 Å². The van der Waals surface area contributed by atoms with Crippen molar-refractivity contribution in [1.82, 2.24) is 4.98 Å². The second-order valence-electron chi connectivity index (χ2n) is 2.87. The Morgan fingerprint density at radius 3 is 2.56 bits per heavy atom. The zero-order chi connectivity index (χ0) is 12.1. The van der Waals surface area contributed by atoms with Crippen molar-refractivity contribution in [1.29, 1.82) is 0 Å². The molecule has 0 spiro atoms. The van der Waals surface area contributed by atoms with Crippen LogP contribution in [0.25, 0.3) is 0 Å². The van der Waals surface area contributed by atoms with Gasteiger partial charge >= 0.3 is 11.9 Å². The molecule has 0 amide bonds. The molecule has 1 rings (SSSR count). The molecule has 0 atom stereocenters. The lowest BCUT2D eigenvalue weighted by atomic mass is 10.1. The van der Waals surface area contributed by atoms with Crippen molar-refractivity contribution in [2.24, 2.45) is 0 Å². The van der Waals surface area contributed by atoms with Gasteiger partial charge in [0.25, 0.3) is 0 Å². The number of aromatic nitrogens is 1. The minimum absolute atomic E-state index is 0.124. The Morgan fingerprint density at radius 2 is 2.00 bits per heavy atom. The number of hydrogen-bond acceptors (Lipinski definition) is 5. The van der Waals surface area contributed by atoms with Crippen molar-refractivity contribution in [3.05, 3.63) is 28.5 Å². The van der Waals surface area contributed by atoms with Gasteiger partial charge in [-0.2, -0.15) is 0 Å². The molecule has 0 aliphatic carbocycles. The molecule has 0 aliphatic heterocycles. The number of halogens is 1. The summed E-state index contributed by atoms with van der Waals surface area (Å²) in [4.78, 5) is 26.4. The maximum Gasteiger partial charge on any atom is 0.339 e. The van der Waals surface area contributed by atoms with E-state index in [1.807, 2.05) is 0 Å². The Morgan fingerprint density at radius 1 is 1.31 bits per heavy atom. The molecule has 1 aromatic rings. The van der Waals surface area contributed by atoms with Crippen LogP contribution < -0.4 is 0 Å². The minimum atomic E-state index is -0.567. The summed E-state index contributed by atoms with van der Waals surface area (Å²) in [6.07, 6.45) is -0.124. The van der Waals surface area contributed by atoms with Gasteiger partial charge in [-0.1, -0.05) is 11.6 Å². The summed E-state index contributed by atoms with van der Waals surface area (Å²) in [5, 5.41) is 0.201. The summed E-state index contributed by atoms with van der Waals surface area (Å²) in [6, 6.07) is 2.91. The lowest BCUT2D eigenvalue weighted by Crippen LogP contribution is -2.13. The van der Waals surface area contributed by atoms with Gasteiger partial charge in [0.2, 0.25) is 0 Å². The fraction of sp³-hybridized carbons (Fsp3) is 0.300. The number of carbonyl (C=O) groups is 2. The van der Waals surface area contributed by atoms with Gasteiger partial charge in [0.15, 0.2) is 0 Å². The van der Waals surface area contributed by atoms with Gasteiger partial charge in [0.1, 0.15) is 5.15 Å². The smallest absolute Gasteiger partial charge is 0.339 e. The normalized spacial score (nSPS) is 9.69. The van der Waals surface area contributed by atoms with Crippen LogP contribution in [0.15, 0.2) is 12.1 Å². The van der Waals surface area contributed by atoms with E-state index in [-0.39, 0.29) is 22.8 Å². The van der Waals surface area contributed by atoms with Crippen LogP contribution in [0, 0.1) is 0 Å². The second-order valence-corrected chi connectivity index (χ2v) is 3.26. The summed E-state index contributed by atoms with van der Waals surface area (Å²) >= 11 is 5.68. The van der Waals surface area contributed by atoms with E-state index in [0.717, 1.165) is 0 Å². The number of pyridine rings is 1. The van der Waals surface area contributed by atoms with E-state index < -0.39 is 11.9 Å². The van der Waals surface area contributed by atoms with E-state index in [0.29, 0.717) is 0 Å². The molecule has 86 valence electrons. The molecular weight excluding hydrogens is 234 g/mol. The third-order valence-electron chi connectivity index (χ3n) is 1.88. The molecule has 0 saturated heterocycles. The van der Waals surface area contributed by atoms with Crippen molar-refractivity contribution < 1.29 is 19.1 Å². The molecule has 0 aromatic carbocycles. The highest BCUT2D eigenvalue weighted by Crippen LogP contribution is 2.13. The molecule has 1 aromatic heterocycles. The Labute approximate surface area is 97.3 Å². The molecule has 0 fully saturated rings. The predicted octanol–water partition coefficient (Wildman–Crippen LogP) is 1.24. The number of nitrogens with zero attached hydrogens (tertiary/aromatic N) is 1. The first-order valence-electron chi connectivity index (χ1n) is 4.39. The largest absolute Gasteiger partial charge is 0.469 e. The molecule has 16 heavy (non-hydrogen) atoms. The molecule has 0 saturated carbocycles. The Hall–Kier alpha value is -1.62. The Balaban J connectivity index is 3.08. The quantitative estimate of drug-likeness (QED) is 0.590. The van der Waals surface area contributed by atoms with Crippen LogP contribution in [0.4, 0.5) is 0 Å². The monoisotopic (exact) mass is 243 g/mol. The van der Waals surface area contributed by atoms with E-state index in [9.17, 15) is 9.59 Å². The van der Waals surface area contributed by atoms with Crippen LogP contribution in [0.5, 0.6) is 0 Å². The summed E-state index contributed by atoms with van der Waals surface area (Å²) in [7, 11) is 2.50. The average molecular weight is 244 g/mol. The van der Waals surface area contributed by atoms with Gasteiger partial charge in [-0.3, -0.25) is 4.79 Å². The SMILES string of the molecule is COC(=O)Cc1nc(Cl)ccc1C(=O)OC. The fourth-order valence-electron chi connectivity index (χ4n) is 1.11. The third kappa shape index (κ3) is 2.93. The molecule has 6 heteroatoms. The lowest BCUT2D eigenvalue weighted by Gasteiger charge is -2.06. The molecule has 0 bridgehead atoms. The molecule has 5 nitrogen and oxygen atoms in total. The van der Waals surface area contributed by atoms with Gasteiger partial charge in [0.05, 0.1) is 31.9 Å². The zero-order valence-electron chi connectivity index (χ0n) is 8.82. The van der Waals surface area contributed by atoms with Crippen LogP contribution in [0.1, 0.15) is 16.1 Å². The van der Waals surface area contributed by atoms with Crippen molar-refractivity contribution in [3.8, 4) is 0 Å². The van der Waals surface area contributed by atoms with Gasteiger partial charge in [0, 0.05) is 0 Å². The Bertz CT molecular complexity index is 419. The van der Waals surface area contributed by atoms with Crippen LogP contribution in [0.2, 0.25) is 5.15 Å². The predicted molar refractivity (Wildman–Crippen MR) is 56.3 cm³/mol. The average Bonchev–Trinajstić information content (AvgIpc) is 2.28. The minimum Gasteiger partial charge on any atom is -0.469 e. The van der Waals surface area contributed by atoms with Gasteiger partial charge in [-0.15, -0.1) is 0 Å². The summed E-state index contributed by atoms with van der Waals surface area (Å²) in [5.41, 5.74) is 0.448. The van der Waals surface area contributed by atoms with Crippen LogP contribution in [-0.4, -0.2) is 31.1 Å². The molecule has 1 heterocycles. The van der Waals surface area contributed by atoms with E-state index in [1.54, 1.807) is 0 Å². The maximum absolute atomic E-state index is 11.4. The highest BCUT2D eigenvalue weighted by molar-refractivity contribution is 6.29. The number of esters is 2. The summed E-state index contributed by atoms with van der Waals surface area (Å²) < 4.78 is 9.05. The molecule has 0 aliphatic rings. The highest BCUT2D eigenvalue weighted by atomic mass is 35.5. The summed E-state index contributed by atoms with van der Waals surface area (Å²) in [6.45, 7) is 0. The first-order valence-corrected chi connectivity index (χ1v) is 4.76. The van der Waals surface area contributed by atoms with Crippen molar-refractivity contribution in [3.63, 3.8) is 0 Å². The number of hydrogen-bond donors (Lipinski definition) is 0. The molecule has 0 N–H and O–H groups in total. The first-order chi connectivity index (χ1) is 7.58. The third-order valence-corrected chi connectivity index (χ3v) is 2.10. The van der Waals surface area contributed by atoms with Crippen molar-refractivity contribution >= 4 is 23.5 Å². The number of rotatable bonds is 3. The van der Waals surface area contributed by atoms with E-state index in [2.05, 4.69) is 14.5 Å². The maximum atomic E-state index is 11.4. The van der Waals surface area contributed by atoms with Crippen LogP contribution in [0.3, 0.4) is 0 Å². The number of methoxy groups -OCH3 is 2. The van der Waals surface area contributed by atoms with Gasteiger partial charge in [-0.25, -0.2) is 9.78 Å². The standard InChI is InChI=1S/C10H10ClNO4/c1-15-9(13)5-7-6(10(14)16-2)3-4-8(11)12-7/h3-4H,5H2,1-2H3. The topological polar surface area (TPSA) is 65.5 Å². The summed E-state index contributed by atoms with van der Waals surface area (Å²) in [5.74, 6) is -1.07. The fourth-order valence-corrected chi connectivity index (χ4v) is 1.28. The van der Waals surface area contributed by atoms with E-state index in [1.165, 1.54) is 26.4 Å². The van der Waals surface area contributed by atoms with Crippen LogP contribution >= 0.6 is 11.6 Å². The molecule has 0 radical (unpaired) electrons. The lowest BCUT2D eigenvalue weighted by molar-refractivity contribution is -0.139. The van der Waals surface area contributed by atoms with Gasteiger partial charge in [-0.05, 0) is 12.1 Å². The highest BCUT2D eigenvalue weighted by Gasteiger charge is 2.16. The van der Waals surface area contributed by atoms with Crippen molar-refractivity contribution in [2.75, 3.05) is 14.2 Å². The van der Waals surface area contributed by atoms with Crippen molar-refractivity contribution in [2.45, 2.75) is 6.42 Å². The van der Waals surface area contributed by atoms with Crippen LogP contribution in [-0.2, 0) is 20.7 Å². The molecule has 0 unspecified atom stereocenters. The number of carbonyl (C=O) groups excluding carboxylic acids is 2. The zero-order valence-corrected chi connectivity index (χ0v) is 9.58. The first kappa shape index (κ1) is 12.4. The molecular formula is C10H10ClNO4. The number of ether oxygens (including phenoxy) is 2. The Kier molecular flexibility index (Phi) is 4.25. The van der Waals surface area contributed by atoms with E-state index >= 15 is 0 Å².